The van der Waals surface area contributed by atoms with Crippen molar-refractivity contribution >= 4 is 17.5 Å². The molecule has 9 heteroatoms. The Morgan fingerprint density at radius 3 is 2.37 bits per heavy atom. The van der Waals surface area contributed by atoms with Gasteiger partial charge < -0.3 is 15.8 Å². The monoisotopic (exact) mass is 415 g/mol. The summed E-state index contributed by atoms with van der Waals surface area (Å²) in [5, 5.41) is 2.61. The number of nitrogens with zero attached hydrogens (tertiary/aromatic N) is 1. The number of carbonyl (C=O) groups is 2. The summed E-state index contributed by atoms with van der Waals surface area (Å²) in [6.07, 6.45) is -3.13. The molecule has 2 aromatic carbocycles. The summed E-state index contributed by atoms with van der Waals surface area (Å²) in [5.41, 5.74) is 5.58. The van der Waals surface area contributed by atoms with Crippen LogP contribution in [0.5, 0.6) is 11.6 Å². The first-order chi connectivity index (χ1) is 14.2. The van der Waals surface area contributed by atoms with Crippen LogP contribution in [0, 0.1) is 0 Å². The zero-order valence-corrected chi connectivity index (χ0v) is 15.4. The molecule has 0 atom stereocenters. The van der Waals surface area contributed by atoms with Gasteiger partial charge >= 0.3 is 6.18 Å². The van der Waals surface area contributed by atoms with Crippen LogP contribution < -0.4 is 15.8 Å². The van der Waals surface area contributed by atoms with Gasteiger partial charge in [0.2, 0.25) is 17.7 Å². The van der Waals surface area contributed by atoms with Crippen LogP contribution in [0.15, 0.2) is 66.9 Å². The Morgan fingerprint density at radius 1 is 1.03 bits per heavy atom. The van der Waals surface area contributed by atoms with Crippen molar-refractivity contribution in [3.05, 3.63) is 83.6 Å². The van der Waals surface area contributed by atoms with Crippen LogP contribution in [0.1, 0.15) is 21.5 Å². The summed E-state index contributed by atoms with van der Waals surface area (Å²) >= 11 is 0. The predicted octanol–water partition coefficient (Wildman–Crippen LogP) is 4.17. The number of aromatic nitrogens is 1. The van der Waals surface area contributed by atoms with Gasteiger partial charge in [-0.05, 0) is 42.0 Å². The minimum Gasteiger partial charge on any atom is -0.439 e. The molecule has 3 rings (SSSR count). The molecular formula is C21H16F3N3O3. The van der Waals surface area contributed by atoms with E-state index in [0.29, 0.717) is 22.6 Å². The second kappa shape index (κ2) is 8.64. The number of hydrogen-bond donors (Lipinski definition) is 2. The van der Waals surface area contributed by atoms with E-state index in [1.54, 1.807) is 24.3 Å². The molecule has 0 bridgehead atoms. The lowest BCUT2D eigenvalue weighted by Crippen LogP contribution is -2.14. The van der Waals surface area contributed by atoms with Crippen LogP contribution in [-0.4, -0.2) is 16.8 Å². The number of nitrogens with one attached hydrogen (secondary N) is 1. The number of nitrogens with two attached hydrogens (primary N) is 1. The van der Waals surface area contributed by atoms with Crippen LogP contribution in [0.3, 0.4) is 0 Å². The third kappa shape index (κ3) is 5.57. The number of amides is 2. The number of carbonyl (C=O) groups excluding carboxylic acids is 2. The van der Waals surface area contributed by atoms with Gasteiger partial charge in [-0.15, -0.1) is 0 Å². The highest BCUT2D eigenvalue weighted by molar-refractivity contribution is 5.93. The Hall–Kier alpha value is -3.88. The van der Waals surface area contributed by atoms with E-state index in [1.807, 2.05) is 0 Å². The Morgan fingerprint density at radius 2 is 1.77 bits per heavy atom. The molecule has 1 aromatic heterocycles. The summed E-state index contributed by atoms with van der Waals surface area (Å²) in [7, 11) is 0. The Kier molecular flexibility index (Phi) is 6.01. The van der Waals surface area contributed by atoms with Crippen molar-refractivity contribution in [3.8, 4) is 11.6 Å². The molecular weight excluding hydrogens is 399 g/mol. The quantitative estimate of drug-likeness (QED) is 0.632. The molecule has 3 N–H and O–H groups in total. The zero-order valence-electron chi connectivity index (χ0n) is 15.4. The summed E-state index contributed by atoms with van der Waals surface area (Å²) in [4.78, 5) is 27.4. The molecule has 0 unspecified atom stereocenters. The molecule has 0 spiro atoms. The molecule has 1 heterocycles. The van der Waals surface area contributed by atoms with Gasteiger partial charge in [0, 0.05) is 11.6 Å². The SMILES string of the molecule is NC(=O)c1cccc(Oc2ccc(NC(=O)Cc3ccc(C(F)(F)F)cc3)cn2)c1. The lowest BCUT2D eigenvalue weighted by molar-refractivity contribution is -0.137. The minimum atomic E-state index is -4.42. The first-order valence-corrected chi connectivity index (χ1v) is 8.70. The molecule has 3 aromatic rings. The van der Waals surface area contributed by atoms with Crippen LogP contribution in [0.25, 0.3) is 0 Å². The molecule has 154 valence electrons. The average Bonchev–Trinajstić information content (AvgIpc) is 2.69. The van der Waals surface area contributed by atoms with Crippen molar-refractivity contribution in [2.75, 3.05) is 5.32 Å². The number of rotatable bonds is 6. The van der Waals surface area contributed by atoms with E-state index < -0.39 is 23.6 Å². The van der Waals surface area contributed by atoms with E-state index in [-0.39, 0.29) is 12.3 Å². The maximum absolute atomic E-state index is 12.6. The third-order valence-corrected chi connectivity index (χ3v) is 4.01. The number of ether oxygens (including phenoxy) is 1. The third-order valence-electron chi connectivity index (χ3n) is 4.01. The molecule has 0 radical (unpaired) electrons. The van der Waals surface area contributed by atoms with Gasteiger partial charge in [-0.2, -0.15) is 13.2 Å². The zero-order chi connectivity index (χ0) is 21.7. The molecule has 6 nitrogen and oxygen atoms in total. The summed E-state index contributed by atoms with van der Waals surface area (Å²) in [6, 6.07) is 13.7. The van der Waals surface area contributed by atoms with Gasteiger partial charge in [-0.25, -0.2) is 4.98 Å². The molecule has 0 saturated heterocycles. The maximum atomic E-state index is 12.6. The lowest BCUT2D eigenvalue weighted by Gasteiger charge is -2.09. The smallest absolute Gasteiger partial charge is 0.416 e. The Bertz CT molecular complexity index is 1050. The van der Waals surface area contributed by atoms with Crippen molar-refractivity contribution in [3.63, 3.8) is 0 Å². The fourth-order valence-electron chi connectivity index (χ4n) is 2.55. The lowest BCUT2D eigenvalue weighted by atomic mass is 10.1. The summed E-state index contributed by atoms with van der Waals surface area (Å²) in [6.45, 7) is 0. The number of anilines is 1. The number of pyridine rings is 1. The molecule has 0 aliphatic carbocycles. The topological polar surface area (TPSA) is 94.3 Å². The largest absolute Gasteiger partial charge is 0.439 e. The highest BCUT2D eigenvalue weighted by Crippen LogP contribution is 2.29. The number of primary amides is 1. The first-order valence-electron chi connectivity index (χ1n) is 8.70. The van der Waals surface area contributed by atoms with Crippen molar-refractivity contribution in [2.24, 2.45) is 5.73 Å². The van der Waals surface area contributed by atoms with Crippen LogP contribution in [-0.2, 0) is 17.4 Å². The molecule has 0 aliphatic rings. The van der Waals surface area contributed by atoms with Gasteiger partial charge in [0.25, 0.3) is 0 Å². The van der Waals surface area contributed by atoms with Gasteiger partial charge in [0.15, 0.2) is 0 Å². The predicted molar refractivity (Wildman–Crippen MR) is 103 cm³/mol. The number of benzene rings is 2. The first kappa shape index (κ1) is 20.8. The Balaban J connectivity index is 1.58. The second-order valence-electron chi connectivity index (χ2n) is 6.30. The normalized spacial score (nSPS) is 11.0. The molecule has 30 heavy (non-hydrogen) atoms. The highest BCUT2D eigenvalue weighted by atomic mass is 19.4. The van der Waals surface area contributed by atoms with E-state index in [1.165, 1.54) is 30.5 Å². The van der Waals surface area contributed by atoms with Crippen LogP contribution in [0.4, 0.5) is 18.9 Å². The number of alkyl halides is 3. The van der Waals surface area contributed by atoms with Crippen LogP contribution in [0.2, 0.25) is 0 Å². The maximum Gasteiger partial charge on any atom is 0.416 e. The van der Waals surface area contributed by atoms with Gasteiger partial charge in [0.1, 0.15) is 5.75 Å². The van der Waals surface area contributed by atoms with Crippen molar-refractivity contribution in [1.29, 1.82) is 0 Å². The fourth-order valence-corrected chi connectivity index (χ4v) is 2.55. The summed E-state index contributed by atoms with van der Waals surface area (Å²) < 4.78 is 43.3. The van der Waals surface area contributed by atoms with Crippen molar-refractivity contribution in [2.45, 2.75) is 12.6 Å². The molecule has 0 fully saturated rings. The number of halogens is 3. The van der Waals surface area contributed by atoms with Crippen LogP contribution >= 0.6 is 0 Å². The van der Waals surface area contributed by atoms with Gasteiger partial charge in [0.05, 0.1) is 23.9 Å². The highest BCUT2D eigenvalue weighted by Gasteiger charge is 2.29. The van der Waals surface area contributed by atoms with E-state index in [2.05, 4.69) is 10.3 Å². The van der Waals surface area contributed by atoms with E-state index in [4.69, 9.17) is 10.5 Å². The minimum absolute atomic E-state index is 0.0870. The summed E-state index contributed by atoms with van der Waals surface area (Å²) in [5.74, 6) is -0.380. The number of hydrogen-bond acceptors (Lipinski definition) is 4. The van der Waals surface area contributed by atoms with Gasteiger partial charge in [-0.3, -0.25) is 9.59 Å². The average molecular weight is 415 g/mol. The molecule has 2 amide bonds. The second-order valence-corrected chi connectivity index (χ2v) is 6.30. The van der Waals surface area contributed by atoms with Crippen molar-refractivity contribution < 1.29 is 27.5 Å². The van der Waals surface area contributed by atoms with E-state index >= 15 is 0 Å². The molecule has 0 aliphatic heterocycles. The van der Waals surface area contributed by atoms with Crippen molar-refractivity contribution in [1.82, 2.24) is 4.98 Å². The standard InChI is InChI=1S/C21H16F3N3O3/c22-21(23,24)15-6-4-13(5-7-15)10-18(28)27-16-8-9-19(26-12-16)30-17-3-1-2-14(11-17)20(25)29/h1-9,11-12H,10H2,(H2,25,29)(H,27,28). The Labute approximate surface area is 169 Å². The van der Waals surface area contributed by atoms with E-state index in [9.17, 15) is 22.8 Å². The van der Waals surface area contributed by atoms with Gasteiger partial charge in [-0.1, -0.05) is 18.2 Å². The fraction of sp³-hybridized carbons (Fsp3) is 0.0952. The van der Waals surface area contributed by atoms with E-state index in [0.717, 1.165) is 12.1 Å². The molecule has 0 saturated carbocycles.